The van der Waals surface area contributed by atoms with Crippen molar-refractivity contribution in [1.82, 2.24) is 4.90 Å². The Hall–Kier alpha value is -1.48. The highest BCUT2D eigenvalue weighted by Gasteiger charge is 1.95. The van der Waals surface area contributed by atoms with E-state index in [1.807, 2.05) is 30.3 Å². The molecule has 0 aliphatic carbocycles. The maximum Gasteiger partial charge on any atom is 0.119 e. The molecule has 0 spiro atoms. The van der Waals surface area contributed by atoms with Crippen LogP contribution in [0.3, 0.4) is 0 Å². The van der Waals surface area contributed by atoms with Crippen molar-refractivity contribution in [3.63, 3.8) is 0 Å². The highest BCUT2D eigenvalue weighted by Crippen LogP contribution is 2.15. The van der Waals surface area contributed by atoms with E-state index in [0.29, 0.717) is 0 Å². The number of halogens is 2. The van der Waals surface area contributed by atoms with Gasteiger partial charge in [-0.2, -0.15) is 0 Å². The molecule has 0 aliphatic heterocycles. The minimum absolute atomic E-state index is 0. The first-order valence-electron chi connectivity index (χ1n) is 7.85. The highest BCUT2D eigenvalue weighted by molar-refractivity contribution is 5.85. The Bertz CT molecular complexity index is 568. The third-order valence-electron chi connectivity index (χ3n) is 3.42. The molecule has 0 fully saturated rings. The number of hydrogen-bond acceptors (Lipinski definition) is 2. The van der Waals surface area contributed by atoms with Crippen molar-refractivity contribution in [3.8, 4) is 5.75 Å². The molecule has 0 heterocycles. The molecule has 0 bridgehead atoms. The molecule has 0 atom stereocenters. The van der Waals surface area contributed by atoms with Crippen LogP contribution in [0.2, 0.25) is 0 Å². The Kier molecular flexibility index (Phi) is 12.1. The van der Waals surface area contributed by atoms with E-state index < -0.39 is 0 Å². The summed E-state index contributed by atoms with van der Waals surface area (Å²) in [5, 5.41) is 0. The maximum absolute atomic E-state index is 5.76. The Balaban J connectivity index is 0.00000264. The molecule has 0 radical (unpaired) electrons. The Labute approximate surface area is 158 Å². The van der Waals surface area contributed by atoms with E-state index >= 15 is 0 Å². The van der Waals surface area contributed by atoms with Crippen LogP contribution in [0.15, 0.2) is 54.6 Å². The molecule has 0 amide bonds. The van der Waals surface area contributed by atoms with Crippen LogP contribution in [0.1, 0.15) is 24.0 Å². The van der Waals surface area contributed by atoms with Crippen molar-refractivity contribution >= 4 is 37.0 Å². The van der Waals surface area contributed by atoms with Crippen LogP contribution in [0.4, 0.5) is 0 Å². The van der Waals surface area contributed by atoms with Gasteiger partial charge in [-0.05, 0) is 56.7 Å². The second-order valence-electron chi connectivity index (χ2n) is 5.67. The smallest absolute Gasteiger partial charge is 0.119 e. The molecule has 2 rings (SSSR count). The standard InChI is InChI=1S/C20H25NO.2ClH/c1-21(2)16-6-7-17-22-20-14-12-19(13-15-20)11-10-18-8-4-3-5-9-18;;/h3-5,8-15H,6-7,16-17H2,1-2H3;2*1H/b11-10+;;. The molecule has 0 saturated heterocycles. The fourth-order valence-corrected chi connectivity index (χ4v) is 2.15. The minimum Gasteiger partial charge on any atom is -0.494 e. The van der Waals surface area contributed by atoms with E-state index in [1.54, 1.807) is 0 Å². The number of unbranched alkanes of at least 4 members (excludes halogenated alkanes) is 1. The molecule has 0 saturated carbocycles. The van der Waals surface area contributed by atoms with E-state index in [-0.39, 0.29) is 24.8 Å². The summed E-state index contributed by atoms with van der Waals surface area (Å²) in [4.78, 5) is 2.20. The number of nitrogens with zero attached hydrogens (tertiary/aromatic N) is 1. The third-order valence-corrected chi connectivity index (χ3v) is 3.42. The molecule has 0 unspecified atom stereocenters. The van der Waals surface area contributed by atoms with Crippen LogP contribution in [-0.4, -0.2) is 32.1 Å². The minimum atomic E-state index is 0. The molecule has 24 heavy (non-hydrogen) atoms. The summed E-state index contributed by atoms with van der Waals surface area (Å²) >= 11 is 0. The SMILES string of the molecule is CN(C)CCCCOc1ccc(/C=C/c2ccccc2)cc1.Cl.Cl. The predicted octanol–water partition coefficient (Wildman–Crippen LogP) is 5.42. The van der Waals surface area contributed by atoms with E-state index in [0.717, 1.165) is 25.3 Å². The molecule has 0 N–H and O–H groups in total. The zero-order valence-electron chi connectivity index (χ0n) is 14.4. The van der Waals surface area contributed by atoms with Crippen LogP contribution >= 0.6 is 24.8 Å². The molecule has 0 aliphatic rings. The van der Waals surface area contributed by atoms with E-state index in [4.69, 9.17) is 4.74 Å². The number of rotatable bonds is 8. The highest BCUT2D eigenvalue weighted by atomic mass is 35.5. The summed E-state index contributed by atoms with van der Waals surface area (Å²) in [7, 11) is 4.20. The zero-order valence-corrected chi connectivity index (χ0v) is 16.0. The average Bonchev–Trinajstić information content (AvgIpc) is 2.54. The van der Waals surface area contributed by atoms with Crippen LogP contribution < -0.4 is 4.74 Å². The van der Waals surface area contributed by atoms with Gasteiger partial charge < -0.3 is 9.64 Å². The van der Waals surface area contributed by atoms with Crippen LogP contribution in [0, 0.1) is 0 Å². The number of hydrogen-bond donors (Lipinski definition) is 0. The lowest BCUT2D eigenvalue weighted by molar-refractivity contribution is 0.293. The largest absolute Gasteiger partial charge is 0.494 e. The Morgan fingerprint density at radius 1 is 0.792 bits per heavy atom. The third kappa shape index (κ3) is 8.97. The molecule has 4 heteroatoms. The van der Waals surface area contributed by atoms with Gasteiger partial charge >= 0.3 is 0 Å². The molecular weight excluding hydrogens is 341 g/mol. The zero-order chi connectivity index (χ0) is 15.6. The van der Waals surface area contributed by atoms with Crippen molar-refractivity contribution in [3.05, 3.63) is 65.7 Å². The van der Waals surface area contributed by atoms with E-state index in [1.165, 1.54) is 17.5 Å². The van der Waals surface area contributed by atoms with Crippen LogP contribution in [0.25, 0.3) is 12.2 Å². The van der Waals surface area contributed by atoms with Gasteiger partial charge in [0.05, 0.1) is 6.61 Å². The fraction of sp³-hybridized carbons (Fsp3) is 0.300. The second-order valence-corrected chi connectivity index (χ2v) is 5.67. The molecule has 2 aromatic carbocycles. The lowest BCUT2D eigenvalue weighted by Crippen LogP contribution is -2.13. The maximum atomic E-state index is 5.76. The first-order chi connectivity index (χ1) is 10.7. The normalized spacial score (nSPS) is 10.3. The first-order valence-corrected chi connectivity index (χ1v) is 7.85. The summed E-state index contributed by atoms with van der Waals surface area (Å²) in [6, 6.07) is 18.6. The van der Waals surface area contributed by atoms with Gasteiger partial charge in [-0.3, -0.25) is 0 Å². The van der Waals surface area contributed by atoms with Gasteiger partial charge in [0.15, 0.2) is 0 Å². The number of benzene rings is 2. The van der Waals surface area contributed by atoms with Gasteiger partial charge in [0, 0.05) is 0 Å². The van der Waals surface area contributed by atoms with Crippen LogP contribution in [0.5, 0.6) is 5.75 Å². The Morgan fingerprint density at radius 2 is 1.38 bits per heavy atom. The molecule has 2 nitrogen and oxygen atoms in total. The molecular formula is C20H27Cl2NO. The van der Waals surface area contributed by atoms with Gasteiger partial charge in [-0.15, -0.1) is 24.8 Å². The van der Waals surface area contributed by atoms with Crippen molar-refractivity contribution < 1.29 is 4.74 Å². The quantitative estimate of drug-likeness (QED) is 0.456. The monoisotopic (exact) mass is 367 g/mol. The van der Waals surface area contributed by atoms with Gasteiger partial charge in [-0.1, -0.05) is 54.6 Å². The second kappa shape index (κ2) is 12.9. The summed E-state index contributed by atoms with van der Waals surface area (Å²) in [6.07, 6.45) is 6.51. The predicted molar refractivity (Wildman–Crippen MR) is 110 cm³/mol. The van der Waals surface area contributed by atoms with Gasteiger partial charge in [-0.25, -0.2) is 0 Å². The van der Waals surface area contributed by atoms with Crippen molar-refractivity contribution in [2.24, 2.45) is 0 Å². The summed E-state index contributed by atoms with van der Waals surface area (Å²) in [5.74, 6) is 0.946. The van der Waals surface area contributed by atoms with Crippen LogP contribution in [-0.2, 0) is 0 Å². The number of ether oxygens (including phenoxy) is 1. The van der Waals surface area contributed by atoms with Gasteiger partial charge in [0.2, 0.25) is 0 Å². The summed E-state index contributed by atoms with van der Waals surface area (Å²) in [5.41, 5.74) is 2.40. The molecule has 0 aromatic heterocycles. The summed E-state index contributed by atoms with van der Waals surface area (Å²) in [6.45, 7) is 1.90. The first kappa shape index (κ1) is 22.5. The molecule has 2 aromatic rings. The average molecular weight is 368 g/mol. The lowest BCUT2D eigenvalue weighted by Gasteiger charge is -2.10. The lowest BCUT2D eigenvalue weighted by atomic mass is 10.1. The van der Waals surface area contributed by atoms with Gasteiger partial charge in [0.25, 0.3) is 0 Å². The Morgan fingerprint density at radius 3 is 1.96 bits per heavy atom. The molecule has 132 valence electrons. The van der Waals surface area contributed by atoms with Crippen molar-refractivity contribution in [2.45, 2.75) is 12.8 Å². The topological polar surface area (TPSA) is 12.5 Å². The van der Waals surface area contributed by atoms with E-state index in [2.05, 4.69) is 55.4 Å². The van der Waals surface area contributed by atoms with Crippen molar-refractivity contribution in [2.75, 3.05) is 27.2 Å². The fourth-order valence-electron chi connectivity index (χ4n) is 2.15. The van der Waals surface area contributed by atoms with Crippen molar-refractivity contribution in [1.29, 1.82) is 0 Å². The van der Waals surface area contributed by atoms with E-state index in [9.17, 15) is 0 Å². The summed E-state index contributed by atoms with van der Waals surface area (Å²) < 4.78 is 5.76. The van der Waals surface area contributed by atoms with Gasteiger partial charge in [0.1, 0.15) is 5.75 Å².